The Morgan fingerprint density at radius 2 is 1.89 bits per heavy atom. The summed E-state index contributed by atoms with van der Waals surface area (Å²) in [5.74, 6) is -1.81. The van der Waals surface area contributed by atoms with Crippen LogP contribution in [0.2, 0.25) is 0 Å². The van der Waals surface area contributed by atoms with Crippen molar-refractivity contribution in [1.82, 2.24) is 15.0 Å². The van der Waals surface area contributed by atoms with Crippen molar-refractivity contribution < 1.29 is 24.0 Å². The van der Waals surface area contributed by atoms with Crippen molar-refractivity contribution in [3.63, 3.8) is 0 Å². The summed E-state index contributed by atoms with van der Waals surface area (Å²) >= 11 is 0. The van der Waals surface area contributed by atoms with Gasteiger partial charge in [-0.1, -0.05) is 35.5 Å². The van der Waals surface area contributed by atoms with Gasteiger partial charge in [0.1, 0.15) is 5.69 Å². The highest BCUT2D eigenvalue weighted by Crippen LogP contribution is 2.20. The molecule has 3 rings (SSSR count). The van der Waals surface area contributed by atoms with E-state index in [0.29, 0.717) is 31.6 Å². The average Bonchev–Trinajstić information content (AvgIpc) is 3.18. The van der Waals surface area contributed by atoms with Gasteiger partial charge in [-0.25, -0.2) is 0 Å². The first-order chi connectivity index (χ1) is 13.0. The Morgan fingerprint density at radius 1 is 1.22 bits per heavy atom. The summed E-state index contributed by atoms with van der Waals surface area (Å²) in [6.07, 6.45) is 0.864. The average molecular weight is 371 g/mol. The lowest BCUT2D eigenvalue weighted by atomic mass is 9.97. The highest BCUT2D eigenvalue weighted by atomic mass is 16.5. The second-order valence-corrected chi connectivity index (χ2v) is 6.60. The monoisotopic (exact) mass is 371 g/mol. The van der Waals surface area contributed by atoms with E-state index in [1.165, 1.54) is 11.9 Å². The molecule has 0 atom stereocenters. The molecule has 1 aliphatic rings. The van der Waals surface area contributed by atoms with Crippen LogP contribution in [0.4, 0.5) is 0 Å². The van der Waals surface area contributed by atoms with Crippen LogP contribution in [-0.4, -0.2) is 64.5 Å². The van der Waals surface area contributed by atoms with Crippen molar-refractivity contribution in [3.8, 4) is 11.3 Å². The Labute approximate surface area is 156 Å². The van der Waals surface area contributed by atoms with Gasteiger partial charge in [0.15, 0.2) is 0 Å². The van der Waals surface area contributed by atoms with Crippen LogP contribution in [0.15, 0.2) is 40.9 Å². The maximum atomic E-state index is 12.5. The molecule has 142 valence electrons. The number of likely N-dealkylation sites (N-methyl/N-ethyl adjacent to an activating group) is 1. The number of rotatable bonds is 5. The van der Waals surface area contributed by atoms with Gasteiger partial charge in [-0.05, 0) is 12.8 Å². The van der Waals surface area contributed by atoms with E-state index in [-0.39, 0.29) is 18.2 Å². The van der Waals surface area contributed by atoms with Crippen molar-refractivity contribution in [1.29, 1.82) is 0 Å². The normalized spacial score (nSPS) is 14.8. The first-order valence-corrected chi connectivity index (χ1v) is 8.74. The molecule has 0 saturated carbocycles. The third-order valence-electron chi connectivity index (χ3n) is 4.71. The third-order valence-corrected chi connectivity index (χ3v) is 4.71. The van der Waals surface area contributed by atoms with Crippen molar-refractivity contribution in [3.05, 3.63) is 42.2 Å². The van der Waals surface area contributed by atoms with Gasteiger partial charge in [0, 0.05) is 31.8 Å². The van der Waals surface area contributed by atoms with E-state index >= 15 is 0 Å². The number of piperidine rings is 1. The zero-order valence-corrected chi connectivity index (χ0v) is 15.0. The first-order valence-electron chi connectivity index (χ1n) is 8.74. The molecule has 0 unspecified atom stereocenters. The molecule has 0 bridgehead atoms. The fourth-order valence-corrected chi connectivity index (χ4v) is 3.06. The van der Waals surface area contributed by atoms with Gasteiger partial charge < -0.3 is 19.4 Å². The molecule has 0 radical (unpaired) electrons. The minimum atomic E-state index is -0.825. The zero-order chi connectivity index (χ0) is 19.4. The summed E-state index contributed by atoms with van der Waals surface area (Å²) in [6.45, 7) is 0.675. The Kier molecular flexibility index (Phi) is 5.54. The Balaban J connectivity index is 1.57. The van der Waals surface area contributed by atoms with E-state index in [9.17, 15) is 14.4 Å². The molecule has 0 aliphatic carbocycles. The Hall–Kier alpha value is -3.16. The molecule has 2 aromatic rings. The molecule has 8 nitrogen and oxygen atoms in total. The zero-order valence-electron chi connectivity index (χ0n) is 15.0. The van der Waals surface area contributed by atoms with Crippen LogP contribution >= 0.6 is 0 Å². The van der Waals surface area contributed by atoms with Gasteiger partial charge in [-0.2, -0.15) is 0 Å². The lowest BCUT2D eigenvalue weighted by Crippen LogP contribution is -2.45. The maximum Gasteiger partial charge on any atom is 0.306 e. The topological polar surface area (TPSA) is 104 Å². The molecule has 1 aromatic heterocycles. The van der Waals surface area contributed by atoms with Crippen molar-refractivity contribution in [2.24, 2.45) is 5.92 Å². The largest absolute Gasteiger partial charge is 0.481 e. The Morgan fingerprint density at radius 3 is 2.52 bits per heavy atom. The summed E-state index contributed by atoms with van der Waals surface area (Å²) in [4.78, 5) is 38.7. The summed E-state index contributed by atoms with van der Waals surface area (Å²) in [7, 11) is 1.52. The number of aliphatic carboxylic acids is 1. The van der Waals surface area contributed by atoms with E-state index in [4.69, 9.17) is 9.63 Å². The SMILES string of the molecule is CN(CC(=O)N1CCC(C(=O)O)CC1)C(=O)c1cc(-c2ccccc2)no1. The Bertz CT molecular complexity index is 825. The molecular weight excluding hydrogens is 350 g/mol. The van der Waals surface area contributed by atoms with Gasteiger partial charge in [0.05, 0.1) is 12.5 Å². The van der Waals surface area contributed by atoms with E-state index in [1.807, 2.05) is 30.3 Å². The molecule has 1 aromatic carbocycles. The number of amides is 2. The van der Waals surface area contributed by atoms with E-state index in [1.54, 1.807) is 11.0 Å². The lowest BCUT2D eigenvalue weighted by molar-refractivity contribution is -0.145. The van der Waals surface area contributed by atoms with Crippen molar-refractivity contribution in [2.45, 2.75) is 12.8 Å². The molecule has 27 heavy (non-hydrogen) atoms. The van der Waals surface area contributed by atoms with Crippen LogP contribution < -0.4 is 0 Å². The number of aromatic nitrogens is 1. The second-order valence-electron chi connectivity index (χ2n) is 6.60. The molecule has 0 spiro atoms. The molecule has 1 aliphatic heterocycles. The summed E-state index contributed by atoms with van der Waals surface area (Å²) in [5, 5.41) is 12.9. The number of nitrogens with zero attached hydrogens (tertiary/aromatic N) is 3. The number of carboxylic acids is 1. The standard InChI is InChI=1S/C19H21N3O5/c1-21(12-17(23)22-9-7-14(8-10-22)19(25)26)18(24)16-11-15(20-27-16)13-5-3-2-4-6-13/h2-6,11,14H,7-10,12H2,1H3,(H,25,26). The predicted octanol–water partition coefficient (Wildman–Crippen LogP) is 1.74. The number of hydrogen-bond donors (Lipinski definition) is 1. The molecule has 8 heteroatoms. The summed E-state index contributed by atoms with van der Waals surface area (Å²) in [6, 6.07) is 10.9. The van der Waals surface area contributed by atoms with Crippen LogP contribution in [-0.2, 0) is 9.59 Å². The fourth-order valence-electron chi connectivity index (χ4n) is 3.06. The smallest absolute Gasteiger partial charge is 0.306 e. The number of carboxylic acid groups (broad SMARTS) is 1. The number of carbonyl (C=O) groups is 3. The van der Waals surface area contributed by atoms with Crippen LogP contribution in [0.5, 0.6) is 0 Å². The van der Waals surface area contributed by atoms with E-state index in [0.717, 1.165) is 5.56 Å². The maximum absolute atomic E-state index is 12.5. The summed E-state index contributed by atoms with van der Waals surface area (Å²) < 4.78 is 5.14. The molecule has 1 N–H and O–H groups in total. The van der Waals surface area contributed by atoms with Crippen molar-refractivity contribution >= 4 is 17.8 Å². The molecule has 2 heterocycles. The van der Waals surface area contributed by atoms with Gasteiger partial charge in [0.25, 0.3) is 5.91 Å². The van der Waals surface area contributed by atoms with Crippen LogP contribution in [0.25, 0.3) is 11.3 Å². The minimum Gasteiger partial charge on any atom is -0.481 e. The fraction of sp³-hybridized carbons (Fsp3) is 0.368. The highest BCUT2D eigenvalue weighted by Gasteiger charge is 2.28. The number of carbonyl (C=O) groups excluding carboxylic acids is 2. The van der Waals surface area contributed by atoms with Gasteiger partial charge in [-0.15, -0.1) is 0 Å². The molecule has 1 saturated heterocycles. The quantitative estimate of drug-likeness (QED) is 0.858. The molecule has 2 amide bonds. The van der Waals surface area contributed by atoms with E-state index in [2.05, 4.69) is 5.16 Å². The number of likely N-dealkylation sites (tertiary alicyclic amines) is 1. The first kappa shape index (κ1) is 18.6. The van der Waals surface area contributed by atoms with Gasteiger partial charge in [0.2, 0.25) is 11.7 Å². The third kappa shape index (κ3) is 4.33. The summed E-state index contributed by atoms with van der Waals surface area (Å²) in [5.41, 5.74) is 1.38. The molecule has 1 fully saturated rings. The highest BCUT2D eigenvalue weighted by molar-refractivity contribution is 5.94. The predicted molar refractivity (Wildman–Crippen MR) is 95.8 cm³/mol. The van der Waals surface area contributed by atoms with Crippen LogP contribution in [0.1, 0.15) is 23.4 Å². The van der Waals surface area contributed by atoms with Gasteiger partial charge >= 0.3 is 5.97 Å². The number of hydrogen-bond acceptors (Lipinski definition) is 5. The van der Waals surface area contributed by atoms with Crippen LogP contribution in [0, 0.1) is 5.92 Å². The van der Waals surface area contributed by atoms with E-state index < -0.39 is 17.8 Å². The lowest BCUT2D eigenvalue weighted by Gasteiger charge is -2.31. The second kappa shape index (κ2) is 8.03. The minimum absolute atomic E-state index is 0.0636. The van der Waals surface area contributed by atoms with Crippen molar-refractivity contribution in [2.75, 3.05) is 26.7 Å². The van der Waals surface area contributed by atoms with Crippen LogP contribution in [0.3, 0.4) is 0 Å². The number of benzene rings is 1. The van der Waals surface area contributed by atoms with Gasteiger partial charge in [-0.3, -0.25) is 14.4 Å². The molecular formula is C19H21N3O5.